The Balaban J connectivity index is 2.14. The lowest BCUT2D eigenvalue weighted by atomic mass is 10.3. The highest BCUT2D eigenvalue weighted by Crippen LogP contribution is 2.29. The standard InChI is InChI=1S/C14H14N2O3/c1-2-7-18-12-5-3-4-6-13(12)19-14-15-8-11(10-17)9-16-14/h3-6,8-10H,2,7H2,1H3. The van der Waals surface area contributed by atoms with Crippen molar-refractivity contribution in [3.05, 3.63) is 42.2 Å². The van der Waals surface area contributed by atoms with Gasteiger partial charge in [-0.1, -0.05) is 19.1 Å². The van der Waals surface area contributed by atoms with E-state index in [0.29, 0.717) is 30.0 Å². The van der Waals surface area contributed by atoms with Gasteiger partial charge in [0.1, 0.15) is 0 Å². The number of aldehydes is 1. The summed E-state index contributed by atoms with van der Waals surface area (Å²) >= 11 is 0. The van der Waals surface area contributed by atoms with Crippen LogP contribution in [0.4, 0.5) is 0 Å². The van der Waals surface area contributed by atoms with Crippen molar-refractivity contribution >= 4 is 6.29 Å². The Morgan fingerprint density at radius 1 is 1.16 bits per heavy atom. The topological polar surface area (TPSA) is 61.3 Å². The molecule has 0 spiro atoms. The van der Waals surface area contributed by atoms with Gasteiger partial charge in [-0.05, 0) is 18.6 Å². The summed E-state index contributed by atoms with van der Waals surface area (Å²) in [6, 6.07) is 7.49. The van der Waals surface area contributed by atoms with Crippen molar-refractivity contribution in [3.8, 4) is 17.5 Å². The average molecular weight is 258 g/mol. The van der Waals surface area contributed by atoms with Gasteiger partial charge in [-0.25, -0.2) is 9.97 Å². The van der Waals surface area contributed by atoms with Crippen LogP contribution in [0.3, 0.4) is 0 Å². The van der Waals surface area contributed by atoms with Gasteiger partial charge in [0.25, 0.3) is 0 Å². The van der Waals surface area contributed by atoms with E-state index >= 15 is 0 Å². The Labute approximate surface area is 111 Å². The number of carbonyl (C=O) groups is 1. The van der Waals surface area contributed by atoms with Crippen molar-refractivity contribution in [2.24, 2.45) is 0 Å². The molecular formula is C14H14N2O3. The summed E-state index contributed by atoms with van der Waals surface area (Å²) in [5.41, 5.74) is 0.405. The van der Waals surface area contributed by atoms with Gasteiger partial charge in [-0.2, -0.15) is 0 Å². The second-order valence-corrected chi connectivity index (χ2v) is 3.81. The molecule has 0 saturated carbocycles. The van der Waals surface area contributed by atoms with E-state index in [1.165, 1.54) is 12.4 Å². The number of rotatable bonds is 6. The molecular weight excluding hydrogens is 244 g/mol. The number of hydrogen-bond donors (Lipinski definition) is 0. The maximum absolute atomic E-state index is 10.5. The third-order valence-corrected chi connectivity index (χ3v) is 2.30. The van der Waals surface area contributed by atoms with Crippen LogP contribution in [0, 0.1) is 0 Å². The van der Waals surface area contributed by atoms with Gasteiger partial charge in [-0.15, -0.1) is 0 Å². The molecule has 1 aromatic carbocycles. The minimum atomic E-state index is 0.179. The van der Waals surface area contributed by atoms with Crippen LogP contribution in [-0.4, -0.2) is 22.9 Å². The van der Waals surface area contributed by atoms with Crippen LogP contribution in [0.2, 0.25) is 0 Å². The largest absolute Gasteiger partial charge is 0.490 e. The van der Waals surface area contributed by atoms with Crippen molar-refractivity contribution in [1.29, 1.82) is 0 Å². The molecule has 5 nitrogen and oxygen atoms in total. The highest BCUT2D eigenvalue weighted by Gasteiger charge is 2.07. The summed E-state index contributed by atoms with van der Waals surface area (Å²) in [4.78, 5) is 18.4. The van der Waals surface area contributed by atoms with Crippen molar-refractivity contribution in [1.82, 2.24) is 9.97 Å². The first kappa shape index (κ1) is 13.0. The number of benzene rings is 1. The summed E-state index contributed by atoms with van der Waals surface area (Å²) in [6.07, 6.45) is 4.41. The van der Waals surface area contributed by atoms with E-state index in [4.69, 9.17) is 9.47 Å². The highest BCUT2D eigenvalue weighted by molar-refractivity contribution is 5.73. The van der Waals surface area contributed by atoms with Crippen LogP contribution >= 0.6 is 0 Å². The Hall–Kier alpha value is -2.43. The van der Waals surface area contributed by atoms with Crippen LogP contribution in [-0.2, 0) is 0 Å². The highest BCUT2D eigenvalue weighted by atomic mass is 16.5. The molecule has 0 radical (unpaired) electrons. The van der Waals surface area contributed by atoms with Gasteiger partial charge in [0.15, 0.2) is 17.8 Å². The molecule has 0 atom stereocenters. The molecule has 0 amide bonds. The lowest BCUT2D eigenvalue weighted by Gasteiger charge is -2.10. The van der Waals surface area contributed by atoms with Gasteiger partial charge in [-0.3, -0.25) is 4.79 Å². The number of carbonyl (C=O) groups excluding carboxylic acids is 1. The molecule has 0 bridgehead atoms. The van der Waals surface area contributed by atoms with E-state index < -0.39 is 0 Å². The molecule has 0 fully saturated rings. The van der Waals surface area contributed by atoms with Crippen molar-refractivity contribution in [2.75, 3.05) is 6.61 Å². The lowest BCUT2D eigenvalue weighted by Crippen LogP contribution is -1.99. The quantitative estimate of drug-likeness (QED) is 0.745. The van der Waals surface area contributed by atoms with Crippen molar-refractivity contribution in [3.63, 3.8) is 0 Å². The predicted molar refractivity (Wildman–Crippen MR) is 69.7 cm³/mol. The number of para-hydroxylation sites is 2. The third-order valence-electron chi connectivity index (χ3n) is 2.30. The fourth-order valence-corrected chi connectivity index (χ4v) is 1.40. The van der Waals surface area contributed by atoms with Gasteiger partial charge in [0, 0.05) is 12.4 Å². The Morgan fingerprint density at radius 2 is 1.84 bits per heavy atom. The number of hydrogen-bond acceptors (Lipinski definition) is 5. The zero-order valence-electron chi connectivity index (χ0n) is 10.6. The molecule has 0 unspecified atom stereocenters. The minimum Gasteiger partial charge on any atom is -0.490 e. The Morgan fingerprint density at radius 3 is 2.47 bits per heavy atom. The van der Waals surface area contributed by atoms with E-state index in [1.54, 1.807) is 6.07 Å². The fourth-order valence-electron chi connectivity index (χ4n) is 1.40. The van der Waals surface area contributed by atoms with Crippen LogP contribution in [0.1, 0.15) is 23.7 Å². The van der Waals surface area contributed by atoms with Gasteiger partial charge in [0.2, 0.25) is 0 Å². The van der Waals surface area contributed by atoms with Gasteiger partial charge >= 0.3 is 6.01 Å². The van der Waals surface area contributed by atoms with E-state index in [1.807, 2.05) is 25.1 Å². The first-order valence-electron chi connectivity index (χ1n) is 6.00. The van der Waals surface area contributed by atoms with Crippen molar-refractivity contribution < 1.29 is 14.3 Å². The van der Waals surface area contributed by atoms with Crippen LogP contribution in [0.5, 0.6) is 17.5 Å². The number of nitrogens with zero attached hydrogens (tertiary/aromatic N) is 2. The second kappa shape index (κ2) is 6.49. The number of aromatic nitrogens is 2. The van der Waals surface area contributed by atoms with Gasteiger partial charge in [0.05, 0.1) is 12.2 Å². The SMILES string of the molecule is CCCOc1ccccc1Oc1ncc(C=O)cn1. The molecule has 2 aromatic rings. The van der Waals surface area contributed by atoms with Gasteiger partial charge < -0.3 is 9.47 Å². The molecule has 2 rings (SSSR count). The molecule has 0 saturated heterocycles. The van der Waals surface area contributed by atoms with Crippen LogP contribution in [0.25, 0.3) is 0 Å². The predicted octanol–water partition coefficient (Wildman–Crippen LogP) is 2.87. The van der Waals surface area contributed by atoms with Crippen LogP contribution in [0.15, 0.2) is 36.7 Å². The van der Waals surface area contributed by atoms with Crippen molar-refractivity contribution in [2.45, 2.75) is 13.3 Å². The second-order valence-electron chi connectivity index (χ2n) is 3.81. The van der Waals surface area contributed by atoms with E-state index in [-0.39, 0.29) is 6.01 Å². The average Bonchev–Trinajstić information content (AvgIpc) is 2.47. The van der Waals surface area contributed by atoms with E-state index in [0.717, 1.165) is 6.42 Å². The first-order chi connectivity index (χ1) is 9.33. The van der Waals surface area contributed by atoms with Crippen LogP contribution < -0.4 is 9.47 Å². The molecule has 0 N–H and O–H groups in total. The number of ether oxygens (including phenoxy) is 2. The Kier molecular flexibility index (Phi) is 4.44. The zero-order valence-corrected chi connectivity index (χ0v) is 10.6. The molecule has 5 heteroatoms. The first-order valence-corrected chi connectivity index (χ1v) is 6.00. The molecule has 1 aromatic heterocycles. The molecule has 19 heavy (non-hydrogen) atoms. The summed E-state index contributed by atoms with van der Waals surface area (Å²) < 4.78 is 11.1. The molecule has 0 aliphatic carbocycles. The summed E-state index contributed by atoms with van der Waals surface area (Å²) in [5, 5.41) is 0. The minimum absolute atomic E-state index is 0.179. The normalized spacial score (nSPS) is 9.95. The lowest BCUT2D eigenvalue weighted by molar-refractivity contribution is 0.112. The molecule has 0 aliphatic rings. The summed E-state index contributed by atoms with van der Waals surface area (Å²) in [6.45, 7) is 2.65. The fraction of sp³-hybridized carbons (Fsp3) is 0.214. The maximum atomic E-state index is 10.5. The maximum Gasteiger partial charge on any atom is 0.322 e. The van der Waals surface area contributed by atoms with E-state index in [9.17, 15) is 4.79 Å². The summed E-state index contributed by atoms with van der Waals surface area (Å²) in [7, 11) is 0. The molecule has 0 aliphatic heterocycles. The monoisotopic (exact) mass is 258 g/mol. The zero-order chi connectivity index (χ0) is 13.5. The van der Waals surface area contributed by atoms with E-state index in [2.05, 4.69) is 9.97 Å². The molecule has 98 valence electrons. The molecule has 1 heterocycles. The summed E-state index contributed by atoms with van der Waals surface area (Å²) in [5.74, 6) is 1.20. The Bertz CT molecular complexity index is 541. The smallest absolute Gasteiger partial charge is 0.322 e. The third kappa shape index (κ3) is 3.51.